The number of ether oxygens (including phenoxy) is 2. The molecule has 31 heavy (non-hydrogen) atoms. The van der Waals surface area contributed by atoms with E-state index < -0.39 is 0 Å². The Labute approximate surface area is 183 Å². The molecule has 1 aliphatic rings. The number of hydrogen-bond donors (Lipinski definition) is 2. The highest BCUT2D eigenvalue weighted by Gasteiger charge is 2.30. The van der Waals surface area contributed by atoms with Gasteiger partial charge in [0.05, 0.1) is 7.05 Å². The Morgan fingerprint density at radius 2 is 1.71 bits per heavy atom. The Morgan fingerprint density at radius 1 is 0.968 bits per heavy atom. The molecule has 1 unspecified atom stereocenters. The molecule has 0 radical (unpaired) electrons. The second kappa shape index (κ2) is 9.23. The van der Waals surface area contributed by atoms with Gasteiger partial charge in [-0.05, 0) is 49.2 Å². The van der Waals surface area contributed by atoms with E-state index in [0.717, 1.165) is 44.3 Å². The summed E-state index contributed by atoms with van der Waals surface area (Å²) in [6, 6.07) is 21.7. The van der Waals surface area contributed by atoms with Gasteiger partial charge in [-0.1, -0.05) is 42.5 Å². The highest BCUT2D eigenvalue weighted by atomic mass is 16.6. The number of rotatable bonds is 6. The monoisotopic (exact) mass is 417 g/mol. The van der Waals surface area contributed by atoms with E-state index >= 15 is 0 Å². The van der Waals surface area contributed by atoms with E-state index in [2.05, 4.69) is 18.4 Å². The number of fused-ring (bicyclic) bond motifs is 1. The van der Waals surface area contributed by atoms with E-state index in [-0.39, 0.29) is 11.9 Å². The summed E-state index contributed by atoms with van der Waals surface area (Å²) < 4.78 is 11.4. The summed E-state index contributed by atoms with van der Waals surface area (Å²) in [5, 5.41) is 3.16. The summed E-state index contributed by atoms with van der Waals surface area (Å²) in [5.74, 6) is 1.53. The number of nitrogens with one attached hydrogen (secondary N) is 2. The zero-order valence-corrected chi connectivity index (χ0v) is 18.3. The van der Waals surface area contributed by atoms with E-state index in [9.17, 15) is 4.79 Å². The highest BCUT2D eigenvalue weighted by Crippen LogP contribution is 2.30. The number of anilines is 1. The van der Waals surface area contributed by atoms with Gasteiger partial charge in [-0.2, -0.15) is 0 Å². The summed E-state index contributed by atoms with van der Waals surface area (Å²) >= 11 is 0. The first-order chi connectivity index (χ1) is 15.0. The number of carbonyl (C=O) groups excluding carboxylic acids is 1. The van der Waals surface area contributed by atoms with Gasteiger partial charge in [-0.25, -0.2) is 0 Å². The normalized spacial score (nSPS) is 14.5. The molecule has 1 aliphatic heterocycles. The Hall–Kier alpha value is -3.31. The van der Waals surface area contributed by atoms with Crippen LogP contribution < -0.4 is 19.7 Å². The van der Waals surface area contributed by atoms with Crippen LogP contribution in [0.4, 0.5) is 5.69 Å². The van der Waals surface area contributed by atoms with Crippen LogP contribution in [-0.4, -0.2) is 26.2 Å². The number of likely N-dealkylation sites (N-methyl/N-ethyl adjacent to an activating group) is 1. The second-order valence-corrected chi connectivity index (χ2v) is 8.15. The van der Waals surface area contributed by atoms with Crippen molar-refractivity contribution in [2.75, 3.05) is 25.6 Å². The van der Waals surface area contributed by atoms with Gasteiger partial charge in [0.15, 0.2) is 17.5 Å². The molecule has 0 fully saturated rings. The number of benzene rings is 3. The fourth-order valence-corrected chi connectivity index (χ4v) is 4.00. The Balaban J connectivity index is 1.59. The number of carbonyl (C=O) groups is 1. The van der Waals surface area contributed by atoms with Gasteiger partial charge in [0.1, 0.15) is 19.8 Å². The second-order valence-electron chi connectivity index (χ2n) is 8.15. The van der Waals surface area contributed by atoms with Crippen molar-refractivity contribution in [1.29, 1.82) is 0 Å². The van der Waals surface area contributed by atoms with Crippen LogP contribution in [-0.2, 0) is 11.3 Å². The van der Waals surface area contributed by atoms with E-state index in [0.29, 0.717) is 19.8 Å². The Morgan fingerprint density at radius 3 is 2.48 bits per heavy atom. The lowest BCUT2D eigenvalue weighted by Gasteiger charge is -2.26. The third-order valence-electron chi connectivity index (χ3n) is 5.63. The third-order valence-corrected chi connectivity index (χ3v) is 5.63. The van der Waals surface area contributed by atoms with Crippen molar-refractivity contribution in [3.8, 4) is 11.5 Å². The highest BCUT2D eigenvalue weighted by molar-refractivity contribution is 5.95. The summed E-state index contributed by atoms with van der Waals surface area (Å²) in [6.07, 6.45) is 0. The molecule has 0 saturated heterocycles. The molecule has 3 aromatic carbocycles. The van der Waals surface area contributed by atoms with Crippen LogP contribution >= 0.6 is 0 Å². The van der Waals surface area contributed by atoms with Crippen molar-refractivity contribution in [3.63, 3.8) is 0 Å². The number of hydrogen-bond acceptors (Lipinski definition) is 3. The SMILES string of the molecule is Cc1ccc(C)c(NC(=O)[C@H](c2ccccc2)[NH+](C)Cc2ccc3c(c2)OCCO3)c1. The van der Waals surface area contributed by atoms with Crippen LogP contribution in [0.15, 0.2) is 66.7 Å². The van der Waals surface area contributed by atoms with Crippen molar-refractivity contribution in [2.24, 2.45) is 0 Å². The molecule has 1 heterocycles. The predicted octanol–water partition coefficient (Wildman–Crippen LogP) is 3.47. The van der Waals surface area contributed by atoms with Crippen LogP contribution in [0, 0.1) is 13.8 Å². The largest absolute Gasteiger partial charge is 0.486 e. The van der Waals surface area contributed by atoms with Crippen LogP contribution in [0.2, 0.25) is 0 Å². The molecule has 2 N–H and O–H groups in total. The maximum absolute atomic E-state index is 13.5. The van der Waals surface area contributed by atoms with Crippen molar-refractivity contribution in [3.05, 3.63) is 89.0 Å². The molecule has 0 saturated carbocycles. The first kappa shape index (κ1) is 20.9. The van der Waals surface area contributed by atoms with Gasteiger partial charge in [-0.15, -0.1) is 0 Å². The topological polar surface area (TPSA) is 52.0 Å². The standard InChI is InChI=1S/C26H28N2O3/c1-18-9-10-19(2)22(15-18)27-26(29)25(21-7-5-4-6-8-21)28(3)17-20-11-12-23-24(16-20)31-14-13-30-23/h4-12,15-16,25H,13-14,17H2,1-3H3,(H,27,29)/p+1/t25-/m0/s1. The quantitative estimate of drug-likeness (QED) is 0.646. The smallest absolute Gasteiger partial charge is 0.287 e. The first-order valence-corrected chi connectivity index (χ1v) is 10.6. The molecule has 1 amide bonds. The molecule has 0 aromatic heterocycles. The Bertz CT molecular complexity index is 1070. The minimum atomic E-state index is -0.352. The molecule has 5 nitrogen and oxygen atoms in total. The minimum absolute atomic E-state index is 0.0186. The average Bonchev–Trinajstić information content (AvgIpc) is 2.77. The summed E-state index contributed by atoms with van der Waals surface area (Å²) in [7, 11) is 2.05. The number of aryl methyl sites for hydroxylation is 2. The van der Waals surface area contributed by atoms with Crippen molar-refractivity contribution >= 4 is 11.6 Å². The predicted molar refractivity (Wildman–Crippen MR) is 122 cm³/mol. The number of amides is 1. The fraction of sp³-hybridized carbons (Fsp3) is 0.269. The molecular weight excluding hydrogens is 388 g/mol. The average molecular weight is 418 g/mol. The molecule has 160 valence electrons. The van der Waals surface area contributed by atoms with Crippen LogP contribution in [0.5, 0.6) is 11.5 Å². The lowest BCUT2D eigenvalue weighted by molar-refractivity contribution is -0.915. The zero-order chi connectivity index (χ0) is 21.8. The van der Waals surface area contributed by atoms with Gasteiger partial charge < -0.3 is 19.7 Å². The van der Waals surface area contributed by atoms with Crippen molar-refractivity contribution in [2.45, 2.75) is 26.4 Å². The third kappa shape index (κ3) is 4.89. The van der Waals surface area contributed by atoms with Gasteiger partial charge in [-0.3, -0.25) is 4.79 Å². The number of quaternary nitrogens is 1. The summed E-state index contributed by atoms with van der Waals surface area (Å²) in [5.41, 5.74) is 5.12. The molecule has 5 heteroatoms. The minimum Gasteiger partial charge on any atom is -0.486 e. The van der Waals surface area contributed by atoms with E-state index in [1.807, 2.05) is 74.5 Å². The summed E-state index contributed by atoms with van der Waals surface area (Å²) in [4.78, 5) is 14.5. The van der Waals surface area contributed by atoms with Crippen molar-refractivity contribution < 1.29 is 19.2 Å². The molecule has 0 spiro atoms. The first-order valence-electron chi connectivity index (χ1n) is 10.6. The lowest BCUT2D eigenvalue weighted by Crippen LogP contribution is -3.09. The molecule has 2 atom stereocenters. The summed E-state index contributed by atoms with van der Waals surface area (Å²) in [6.45, 7) is 5.86. The van der Waals surface area contributed by atoms with E-state index in [4.69, 9.17) is 9.47 Å². The van der Waals surface area contributed by atoms with E-state index in [1.165, 1.54) is 0 Å². The van der Waals surface area contributed by atoms with Crippen LogP contribution in [0.3, 0.4) is 0 Å². The van der Waals surface area contributed by atoms with Crippen LogP contribution in [0.1, 0.15) is 28.3 Å². The lowest BCUT2D eigenvalue weighted by atomic mass is 10.0. The Kier molecular flexibility index (Phi) is 6.23. The molecule has 0 bridgehead atoms. The maximum atomic E-state index is 13.5. The van der Waals surface area contributed by atoms with Gasteiger partial charge in [0, 0.05) is 16.8 Å². The van der Waals surface area contributed by atoms with Gasteiger partial charge in [0.2, 0.25) is 0 Å². The molecule has 0 aliphatic carbocycles. The van der Waals surface area contributed by atoms with Gasteiger partial charge in [0.25, 0.3) is 5.91 Å². The van der Waals surface area contributed by atoms with Gasteiger partial charge >= 0.3 is 0 Å². The zero-order valence-electron chi connectivity index (χ0n) is 18.3. The van der Waals surface area contributed by atoms with E-state index in [1.54, 1.807) is 0 Å². The molecule has 3 aromatic rings. The van der Waals surface area contributed by atoms with Crippen molar-refractivity contribution in [1.82, 2.24) is 0 Å². The fourth-order valence-electron chi connectivity index (χ4n) is 4.00. The molecule has 4 rings (SSSR count). The van der Waals surface area contributed by atoms with Crippen LogP contribution in [0.25, 0.3) is 0 Å². The maximum Gasteiger partial charge on any atom is 0.287 e. The molecular formula is C26H29N2O3+.